The predicted molar refractivity (Wildman–Crippen MR) is 157 cm³/mol. The average molecular weight is 700 g/mol. The Morgan fingerprint density at radius 1 is 1.00 bits per heavy atom. The second-order valence-corrected chi connectivity index (χ2v) is 12.1. The van der Waals surface area contributed by atoms with E-state index in [-0.39, 0.29) is 28.3 Å². The van der Waals surface area contributed by atoms with Crippen LogP contribution in [0.25, 0.3) is 21.7 Å². The maximum Gasteiger partial charge on any atom is 0.419 e. The first-order chi connectivity index (χ1) is 21.7. The SMILES string of the molecule is COc1ccc(Cc2c(F)c(-c3nncs3)c(S(N)(=O)=O)c(Cl)c2Oc2cc(F)c(C(F)(F)F)cc2-c2ccnnc2)c(OC)c1. The van der Waals surface area contributed by atoms with Crippen molar-refractivity contribution >= 4 is 33.0 Å². The summed E-state index contributed by atoms with van der Waals surface area (Å²) in [4.78, 5) is -0.941. The van der Waals surface area contributed by atoms with Gasteiger partial charge in [-0.15, -0.1) is 10.2 Å². The van der Waals surface area contributed by atoms with Crippen LogP contribution < -0.4 is 19.3 Å². The second-order valence-electron chi connectivity index (χ2n) is 9.34. The minimum absolute atomic E-state index is 0.00242. The summed E-state index contributed by atoms with van der Waals surface area (Å²) in [5.41, 5.74) is -1.46. The van der Waals surface area contributed by atoms with Crippen LogP contribution in [-0.4, -0.2) is 43.0 Å². The van der Waals surface area contributed by atoms with E-state index in [9.17, 15) is 26.0 Å². The number of aromatic nitrogens is 4. The first-order valence-electron chi connectivity index (χ1n) is 12.6. The summed E-state index contributed by atoms with van der Waals surface area (Å²) in [6.45, 7) is 0. The summed E-state index contributed by atoms with van der Waals surface area (Å²) in [6.07, 6.45) is -3.25. The molecule has 0 radical (unpaired) electrons. The molecule has 2 N–H and O–H groups in total. The molecule has 0 unspecified atom stereocenters. The normalized spacial score (nSPS) is 11.8. The van der Waals surface area contributed by atoms with E-state index in [0.29, 0.717) is 23.4 Å². The van der Waals surface area contributed by atoms with Crippen molar-refractivity contribution in [3.05, 3.63) is 87.6 Å². The van der Waals surface area contributed by atoms with Crippen molar-refractivity contribution in [1.29, 1.82) is 0 Å². The molecule has 0 saturated heterocycles. The van der Waals surface area contributed by atoms with Gasteiger partial charge in [0.05, 0.1) is 37.7 Å². The van der Waals surface area contributed by atoms with Crippen molar-refractivity contribution in [3.8, 4) is 44.7 Å². The highest BCUT2D eigenvalue weighted by Crippen LogP contribution is 2.49. The quantitative estimate of drug-likeness (QED) is 0.167. The van der Waals surface area contributed by atoms with Crippen LogP contribution in [-0.2, 0) is 22.6 Å². The van der Waals surface area contributed by atoms with Crippen LogP contribution in [0.15, 0.2) is 59.2 Å². The molecule has 3 aromatic carbocycles. The van der Waals surface area contributed by atoms with Crippen LogP contribution in [0.5, 0.6) is 23.0 Å². The molecule has 10 nitrogen and oxygen atoms in total. The summed E-state index contributed by atoms with van der Waals surface area (Å²) in [5, 5.41) is 19.2. The van der Waals surface area contributed by atoms with E-state index in [4.69, 9.17) is 31.0 Å². The number of hydrogen-bond donors (Lipinski definition) is 1. The smallest absolute Gasteiger partial charge is 0.419 e. The van der Waals surface area contributed by atoms with Crippen molar-refractivity contribution in [1.82, 2.24) is 20.4 Å². The monoisotopic (exact) mass is 699 g/mol. The Balaban J connectivity index is 1.84. The standard InChI is InChI=1S/C28H19ClF5N5O5S2/c1-42-15-4-3-13(20(8-15)43-2)7-17-24(31)22(27-39-38-12-45-27)26(46(35,40)41)23(29)25(17)44-21-10-19(30)18(28(32,33)34)9-16(21)14-5-6-36-37-11-14/h3-6,8-12H,7H2,1-2H3,(H2,35,40,41). The summed E-state index contributed by atoms with van der Waals surface area (Å²) in [6, 6.07) is 6.72. The molecule has 240 valence electrons. The zero-order valence-electron chi connectivity index (χ0n) is 23.4. The Labute approximate surface area is 266 Å². The number of nitrogens with two attached hydrogens (primary N) is 1. The minimum atomic E-state index is -5.11. The van der Waals surface area contributed by atoms with Gasteiger partial charge in [-0.25, -0.2) is 22.3 Å². The van der Waals surface area contributed by atoms with E-state index >= 15 is 4.39 Å². The highest BCUT2D eigenvalue weighted by Gasteiger charge is 2.37. The van der Waals surface area contributed by atoms with Crippen molar-refractivity contribution in [2.24, 2.45) is 5.14 Å². The summed E-state index contributed by atoms with van der Waals surface area (Å²) in [5.74, 6) is -3.61. The highest BCUT2D eigenvalue weighted by atomic mass is 35.5. The Morgan fingerprint density at radius 2 is 1.76 bits per heavy atom. The van der Waals surface area contributed by atoms with Crippen LogP contribution >= 0.6 is 22.9 Å². The lowest BCUT2D eigenvalue weighted by Crippen LogP contribution is -2.17. The number of hydrogen-bond acceptors (Lipinski definition) is 10. The molecule has 46 heavy (non-hydrogen) atoms. The average Bonchev–Trinajstić information content (AvgIpc) is 3.54. The molecule has 0 fully saturated rings. The fourth-order valence-electron chi connectivity index (χ4n) is 4.53. The number of nitrogens with zero attached hydrogens (tertiary/aromatic N) is 4. The molecule has 2 aromatic heterocycles. The molecule has 5 aromatic rings. The summed E-state index contributed by atoms with van der Waals surface area (Å²) in [7, 11) is -2.07. The molecule has 0 aliphatic heterocycles. The molecule has 0 saturated carbocycles. The van der Waals surface area contributed by atoms with Gasteiger partial charge >= 0.3 is 6.18 Å². The largest absolute Gasteiger partial charge is 0.497 e. The van der Waals surface area contributed by atoms with Gasteiger partial charge in [-0.2, -0.15) is 23.4 Å². The van der Waals surface area contributed by atoms with Gasteiger partial charge in [-0.1, -0.05) is 29.0 Å². The van der Waals surface area contributed by atoms with Gasteiger partial charge in [0.1, 0.15) is 44.3 Å². The minimum Gasteiger partial charge on any atom is -0.497 e. The molecule has 0 aliphatic carbocycles. The summed E-state index contributed by atoms with van der Waals surface area (Å²) < 4.78 is 115. The van der Waals surface area contributed by atoms with Crippen LogP contribution in [0.4, 0.5) is 22.0 Å². The molecular formula is C28H19ClF5N5O5S2. The third-order valence-electron chi connectivity index (χ3n) is 6.59. The number of benzene rings is 3. The Kier molecular flexibility index (Phi) is 9.12. The van der Waals surface area contributed by atoms with Crippen molar-refractivity contribution in [3.63, 3.8) is 0 Å². The molecule has 0 bridgehead atoms. The fraction of sp³-hybridized carbons (Fsp3) is 0.143. The van der Waals surface area contributed by atoms with Crippen LogP contribution in [0.2, 0.25) is 5.02 Å². The van der Waals surface area contributed by atoms with E-state index in [0.717, 1.165) is 17.5 Å². The molecule has 0 spiro atoms. The van der Waals surface area contributed by atoms with Gasteiger partial charge in [0.25, 0.3) is 0 Å². The maximum atomic E-state index is 16.7. The Bertz CT molecular complexity index is 2030. The Morgan fingerprint density at radius 3 is 2.35 bits per heavy atom. The topological polar surface area (TPSA) is 139 Å². The van der Waals surface area contributed by atoms with Gasteiger partial charge in [-0.3, -0.25) is 0 Å². The number of methoxy groups -OCH3 is 2. The first-order valence-corrected chi connectivity index (χ1v) is 15.4. The molecule has 0 atom stereocenters. The van der Waals surface area contributed by atoms with Gasteiger partial charge in [-0.05, 0) is 23.8 Å². The lowest BCUT2D eigenvalue weighted by molar-refractivity contribution is -0.139. The van der Waals surface area contributed by atoms with Gasteiger partial charge in [0.2, 0.25) is 10.0 Å². The number of rotatable bonds is 9. The zero-order valence-corrected chi connectivity index (χ0v) is 25.8. The number of ether oxygens (including phenoxy) is 3. The van der Waals surface area contributed by atoms with Gasteiger partial charge < -0.3 is 14.2 Å². The molecule has 18 heteroatoms. The summed E-state index contributed by atoms with van der Waals surface area (Å²) >= 11 is 7.41. The van der Waals surface area contributed by atoms with E-state index < -0.39 is 65.9 Å². The van der Waals surface area contributed by atoms with Crippen molar-refractivity contribution in [2.75, 3.05) is 14.2 Å². The van der Waals surface area contributed by atoms with E-state index in [1.165, 1.54) is 44.1 Å². The highest BCUT2D eigenvalue weighted by molar-refractivity contribution is 7.89. The molecule has 0 aliphatic rings. The lowest BCUT2D eigenvalue weighted by Gasteiger charge is -2.22. The van der Waals surface area contributed by atoms with E-state index in [2.05, 4.69) is 20.4 Å². The number of primary sulfonamides is 1. The van der Waals surface area contributed by atoms with Crippen molar-refractivity contribution in [2.45, 2.75) is 17.5 Å². The molecule has 2 heterocycles. The van der Waals surface area contributed by atoms with Crippen molar-refractivity contribution < 1.29 is 44.6 Å². The number of alkyl halides is 3. The molecular weight excluding hydrogens is 681 g/mol. The molecule has 5 rings (SSSR count). The zero-order chi connectivity index (χ0) is 33.4. The fourth-order valence-corrected chi connectivity index (χ4v) is 6.58. The van der Waals surface area contributed by atoms with Crippen LogP contribution in [0.3, 0.4) is 0 Å². The number of sulfonamides is 1. The third kappa shape index (κ3) is 6.44. The van der Waals surface area contributed by atoms with Gasteiger partial charge in [0.15, 0.2) is 10.8 Å². The second kappa shape index (κ2) is 12.7. The third-order valence-corrected chi connectivity index (χ3v) is 8.74. The Hall–Kier alpha value is -4.45. The first kappa shape index (κ1) is 32.9. The molecule has 0 amide bonds. The van der Waals surface area contributed by atoms with E-state index in [1.54, 1.807) is 6.07 Å². The predicted octanol–water partition coefficient (Wildman–Crippen LogP) is 6.66. The van der Waals surface area contributed by atoms with Crippen LogP contribution in [0.1, 0.15) is 16.7 Å². The van der Waals surface area contributed by atoms with E-state index in [1.807, 2.05) is 0 Å². The lowest BCUT2D eigenvalue weighted by atomic mass is 9.99. The van der Waals surface area contributed by atoms with Gasteiger partial charge in [0, 0.05) is 35.2 Å². The van der Waals surface area contributed by atoms with Crippen LogP contribution in [0, 0.1) is 11.6 Å². The maximum absolute atomic E-state index is 16.7. The number of halogens is 6.